The molecule has 0 radical (unpaired) electrons. The van der Waals surface area contributed by atoms with Crippen LogP contribution >= 0.6 is 0 Å². The smallest absolute Gasteiger partial charge is 0.383 e. The summed E-state index contributed by atoms with van der Waals surface area (Å²) in [5.41, 5.74) is -2.29. The van der Waals surface area contributed by atoms with Gasteiger partial charge in [-0.05, 0) is 47.9 Å². The molecule has 13 heteroatoms. The quantitative estimate of drug-likeness (QED) is 0.220. The van der Waals surface area contributed by atoms with Crippen molar-refractivity contribution in [2.24, 2.45) is 0 Å². The zero-order chi connectivity index (χ0) is 31.5. The minimum Gasteiger partial charge on any atom is -0.383 e. The number of methoxy groups -OCH3 is 2. The molecule has 1 fully saturated rings. The Kier molecular flexibility index (Phi) is 13.2. The minimum absolute atomic E-state index is 0.0898. The molecule has 0 unspecified atom stereocenters. The fourth-order valence-electron chi connectivity index (χ4n) is 4.53. The van der Waals surface area contributed by atoms with Crippen LogP contribution in [-0.2, 0) is 37.7 Å². The molecule has 2 aromatic carbocycles. The van der Waals surface area contributed by atoms with E-state index in [2.05, 4.69) is 16.7 Å². The molecule has 0 aromatic heterocycles. The predicted molar refractivity (Wildman–Crippen MR) is 145 cm³/mol. The molecule has 0 N–H and O–H groups in total. The molecule has 2 atom stereocenters. The number of nitrogens with zero attached hydrogens (tertiary/aromatic N) is 2. The van der Waals surface area contributed by atoms with E-state index in [1.807, 2.05) is 4.90 Å². The zero-order valence-electron chi connectivity index (χ0n) is 23.9. The molecule has 0 amide bonds. The molecule has 0 spiro atoms. The summed E-state index contributed by atoms with van der Waals surface area (Å²) in [5, 5.41) is 0. The van der Waals surface area contributed by atoms with E-state index >= 15 is 0 Å². The van der Waals surface area contributed by atoms with E-state index in [1.165, 1.54) is 12.1 Å². The summed E-state index contributed by atoms with van der Waals surface area (Å²) in [6.45, 7) is 3.74. The lowest BCUT2D eigenvalue weighted by Crippen LogP contribution is -2.46. The van der Waals surface area contributed by atoms with E-state index < -0.39 is 41.6 Å². The van der Waals surface area contributed by atoms with Crippen LogP contribution in [0, 0.1) is 17.7 Å². The average Bonchev–Trinajstić information content (AvgIpc) is 2.96. The second kappa shape index (κ2) is 16.4. The summed E-state index contributed by atoms with van der Waals surface area (Å²) in [5.74, 6) is 5.85. The third-order valence-electron chi connectivity index (χ3n) is 6.78. The lowest BCUT2D eigenvalue weighted by molar-refractivity contribution is -0.208. The fourth-order valence-corrected chi connectivity index (χ4v) is 4.53. The number of morpholine rings is 1. The first-order valence-electron chi connectivity index (χ1n) is 13.6. The Morgan fingerprint density at radius 1 is 0.884 bits per heavy atom. The van der Waals surface area contributed by atoms with Crippen LogP contribution in [0.25, 0.3) is 0 Å². The highest BCUT2D eigenvalue weighted by Crippen LogP contribution is 2.37. The van der Waals surface area contributed by atoms with Crippen molar-refractivity contribution in [1.82, 2.24) is 9.80 Å². The van der Waals surface area contributed by atoms with Gasteiger partial charge in [0, 0.05) is 33.9 Å². The molecule has 1 aliphatic rings. The van der Waals surface area contributed by atoms with Gasteiger partial charge in [-0.2, -0.15) is 26.3 Å². The van der Waals surface area contributed by atoms with Crippen molar-refractivity contribution in [2.45, 2.75) is 31.1 Å². The van der Waals surface area contributed by atoms with Crippen molar-refractivity contribution in [3.05, 3.63) is 70.5 Å². The van der Waals surface area contributed by atoms with E-state index in [-0.39, 0.29) is 31.3 Å². The summed E-state index contributed by atoms with van der Waals surface area (Å²) in [6, 6.07) is 6.63. The van der Waals surface area contributed by atoms with Gasteiger partial charge < -0.3 is 18.9 Å². The summed E-state index contributed by atoms with van der Waals surface area (Å²) < 4.78 is 115. The van der Waals surface area contributed by atoms with Crippen molar-refractivity contribution in [1.29, 1.82) is 0 Å². The molecule has 1 aliphatic heterocycles. The summed E-state index contributed by atoms with van der Waals surface area (Å²) in [4.78, 5) is 4.07. The van der Waals surface area contributed by atoms with Gasteiger partial charge in [0.2, 0.25) is 0 Å². The molecule has 1 heterocycles. The van der Waals surface area contributed by atoms with Crippen molar-refractivity contribution in [3.8, 4) is 11.8 Å². The van der Waals surface area contributed by atoms with Crippen molar-refractivity contribution in [3.63, 3.8) is 0 Å². The van der Waals surface area contributed by atoms with Crippen LogP contribution in [0.3, 0.4) is 0 Å². The number of rotatable bonds is 13. The van der Waals surface area contributed by atoms with Gasteiger partial charge in [0.1, 0.15) is 5.82 Å². The van der Waals surface area contributed by atoms with Crippen LogP contribution < -0.4 is 0 Å². The molecular weight excluding hydrogens is 585 g/mol. The Morgan fingerprint density at radius 3 is 2.05 bits per heavy atom. The highest BCUT2D eigenvalue weighted by molar-refractivity contribution is 5.33. The molecule has 238 valence electrons. The largest absolute Gasteiger partial charge is 0.416 e. The normalized spacial score (nSPS) is 18.1. The van der Waals surface area contributed by atoms with Gasteiger partial charge in [-0.3, -0.25) is 9.80 Å². The van der Waals surface area contributed by atoms with Gasteiger partial charge in [-0.1, -0.05) is 24.0 Å². The van der Waals surface area contributed by atoms with Gasteiger partial charge in [0.15, 0.2) is 6.29 Å². The van der Waals surface area contributed by atoms with E-state index in [4.69, 9.17) is 18.9 Å². The number of benzene rings is 2. The van der Waals surface area contributed by atoms with E-state index in [1.54, 1.807) is 26.4 Å². The van der Waals surface area contributed by atoms with Crippen molar-refractivity contribution in [2.75, 3.05) is 73.4 Å². The highest BCUT2D eigenvalue weighted by Gasteiger charge is 2.37. The number of ether oxygens (including phenoxy) is 4. The Balaban J connectivity index is 1.73. The Morgan fingerprint density at radius 2 is 1.49 bits per heavy atom. The Bertz CT molecular complexity index is 1160. The van der Waals surface area contributed by atoms with Crippen LogP contribution in [0.5, 0.6) is 0 Å². The standard InChI is InChI=1S/C30H35F7N2O4/c1-40-16-12-38(13-17-41-2)10-3-4-11-39-14-18-43-28(27(39)23-5-7-26(31)8-6-23)42-15-9-22-19-24(29(32,33)34)21-25(20-22)30(35,36)37/h5-8,19-21,27-28H,9-18H2,1-2H3/t27-,28+/m0/s1. The molecular formula is C30H35F7N2O4. The number of hydrogen-bond acceptors (Lipinski definition) is 6. The second-order valence-corrected chi connectivity index (χ2v) is 9.86. The predicted octanol–water partition coefficient (Wildman–Crippen LogP) is 5.42. The maximum absolute atomic E-state index is 13.7. The molecule has 0 bridgehead atoms. The molecule has 2 aromatic rings. The number of hydrogen-bond donors (Lipinski definition) is 0. The Hall–Kier alpha value is -2.73. The van der Waals surface area contributed by atoms with Crippen LogP contribution in [0.4, 0.5) is 30.7 Å². The summed E-state index contributed by atoms with van der Waals surface area (Å²) >= 11 is 0. The molecule has 43 heavy (non-hydrogen) atoms. The van der Waals surface area contributed by atoms with Gasteiger partial charge >= 0.3 is 12.4 Å². The maximum Gasteiger partial charge on any atom is 0.416 e. The molecule has 0 aliphatic carbocycles. The second-order valence-electron chi connectivity index (χ2n) is 9.86. The highest BCUT2D eigenvalue weighted by atomic mass is 19.4. The molecule has 3 rings (SSSR count). The van der Waals surface area contributed by atoms with Gasteiger partial charge in [0.05, 0.1) is 56.7 Å². The van der Waals surface area contributed by atoms with Crippen molar-refractivity contribution < 1.29 is 49.7 Å². The number of halogens is 7. The maximum atomic E-state index is 13.7. The topological polar surface area (TPSA) is 43.4 Å². The van der Waals surface area contributed by atoms with Crippen LogP contribution in [0.1, 0.15) is 28.3 Å². The van der Waals surface area contributed by atoms with E-state index in [0.717, 1.165) is 0 Å². The zero-order valence-corrected chi connectivity index (χ0v) is 23.9. The van der Waals surface area contributed by atoms with Gasteiger partial charge in [0.25, 0.3) is 0 Å². The fraction of sp³-hybridized carbons (Fsp3) is 0.533. The van der Waals surface area contributed by atoms with Crippen LogP contribution in [0.15, 0.2) is 42.5 Å². The average molecular weight is 621 g/mol. The van der Waals surface area contributed by atoms with Gasteiger partial charge in [-0.15, -0.1) is 0 Å². The third kappa shape index (κ3) is 11.0. The lowest BCUT2D eigenvalue weighted by Gasteiger charge is -2.40. The first kappa shape index (κ1) is 34.8. The molecule has 6 nitrogen and oxygen atoms in total. The SMILES string of the molecule is COCCN(CC#CCN1CCO[C@@H](OCCc2cc(C(F)(F)F)cc(C(F)(F)F)c2)[C@@H]1c1ccc(F)cc1)CCOC. The van der Waals surface area contributed by atoms with Crippen LogP contribution in [-0.4, -0.2) is 89.5 Å². The summed E-state index contributed by atoms with van der Waals surface area (Å²) in [7, 11) is 3.23. The first-order chi connectivity index (χ1) is 20.4. The lowest BCUT2D eigenvalue weighted by atomic mass is 10.0. The van der Waals surface area contributed by atoms with Gasteiger partial charge in [-0.25, -0.2) is 4.39 Å². The first-order valence-corrected chi connectivity index (χ1v) is 13.6. The monoisotopic (exact) mass is 620 g/mol. The molecule has 0 saturated carbocycles. The number of alkyl halides is 6. The summed E-state index contributed by atoms with van der Waals surface area (Å²) in [6.07, 6.45) is -11.0. The third-order valence-corrected chi connectivity index (χ3v) is 6.78. The van der Waals surface area contributed by atoms with E-state index in [0.29, 0.717) is 63.6 Å². The minimum atomic E-state index is -4.94. The molecule has 1 saturated heterocycles. The van der Waals surface area contributed by atoms with E-state index in [9.17, 15) is 30.7 Å². The van der Waals surface area contributed by atoms with Crippen molar-refractivity contribution >= 4 is 0 Å². The van der Waals surface area contributed by atoms with Crippen LogP contribution in [0.2, 0.25) is 0 Å². The Labute approximate surface area is 246 Å².